The van der Waals surface area contributed by atoms with Crippen molar-refractivity contribution in [2.45, 2.75) is 22.5 Å². The molecule has 0 spiro atoms. The van der Waals surface area contributed by atoms with Crippen LogP contribution in [0.25, 0.3) is 21.0 Å². The zero-order valence-electron chi connectivity index (χ0n) is 20.7. The maximum atomic E-state index is 13.9. The van der Waals surface area contributed by atoms with Crippen LogP contribution in [0.4, 0.5) is 13.2 Å². The van der Waals surface area contributed by atoms with Crippen molar-refractivity contribution in [1.82, 2.24) is 4.57 Å². The second-order valence-electron chi connectivity index (χ2n) is 8.81. The van der Waals surface area contributed by atoms with E-state index in [1.807, 2.05) is 0 Å². The molecule has 0 atom stereocenters. The van der Waals surface area contributed by atoms with E-state index in [0.717, 1.165) is 34.5 Å². The quantitative estimate of drug-likeness (QED) is 0.274. The van der Waals surface area contributed by atoms with E-state index < -0.39 is 42.5 Å². The molecule has 0 fully saturated rings. The highest BCUT2D eigenvalue weighted by atomic mass is 35.5. The monoisotopic (exact) mass is 626 g/mol. The Morgan fingerprint density at radius 1 is 0.925 bits per heavy atom. The number of nitrogens with zero attached hydrogens (tertiary/aromatic N) is 2. The number of rotatable bonds is 6. The van der Waals surface area contributed by atoms with Gasteiger partial charge < -0.3 is 4.57 Å². The van der Waals surface area contributed by atoms with E-state index in [0.29, 0.717) is 16.5 Å². The average molecular weight is 627 g/mol. The number of hydrogen-bond acceptors (Lipinski definition) is 7. The fraction of sp³-hybridized carbons (Fsp3) is 0.154. The lowest BCUT2D eigenvalue weighted by atomic mass is 10.1. The molecule has 0 amide bonds. The van der Waals surface area contributed by atoms with Crippen molar-refractivity contribution in [1.29, 1.82) is 5.26 Å². The Balaban J connectivity index is 1.98. The summed E-state index contributed by atoms with van der Waals surface area (Å²) in [4.78, 5) is 13.2. The van der Waals surface area contributed by atoms with E-state index in [1.165, 1.54) is 30.3 Å². The summed E-state index contributed by atoms with van der Waals surface area (Å²) in [5.41, 5.74) is -3.18. The van der Waals surface area contributed by atoms with Crippen LogP contribution >= 0.6 is 22.9 Å². The smallest absolute Gasteiger partial charge is 0.302 e. The summed E-state index contributed by atoms with van der Waals surface area (Å²) in [6.07, 6.45) is -3.17. The van der Waals surface area contributed by atoms with Gasteiger partial charge in [0.2, 0.25) is 0 Å². The van der Waals surface area contributed by atoms with Gasteiger partial charge in [-0.15, -0.1) is 11.3 Å². The number of thiophene rings is 1. The van der Waals surface area contributed by atoms with Crippen LogP contribution in [0.3, 0.4) is 0 Å². The van der Waals surface area contributed by atoms with E-state index in [1.54, 1.807) is 24.3 Å². The molecule has 40 heavy (non-hydrogen) atoms. The minimum absolute atomic E-state index is 0.157. The van der Waals surface area contributed by atoms with E-state index in [4.69, 9.17) is 11.6 Å². The van der Waals surface area contributed by atoms with Crippen molar-refractivity contribution in [3.05, 3.63) is 92.7 Å². The Hall–Kier alpha value is -3.44. The van der Waals surface area contributed by atoms with Gasteiger partial charge in [0, 0.05) is 22.4 Å². The summed E-state index contributed by atoms with van der Waals surface area (Å²) in [6, 6.07) is 14.9. The Morgan fingerprint density at radius 2 is 1.50 bits per heavy atom. The van der Waals surface area contributed by atoms with Crippen molar-refractivity contribution >= 4 is 42.6 Å². The van der Waals surface area contributed by atoms with E-state index in [9.17, 15) is 40.1 Å². The molecule has 0 bridgehead atoms. The molecule has 0 aliphatic heterocycles. The maximum Gasteiger partial charge on any atom is 0.417 e. The Labute approximate surface area is 236 Å². The number of pyridine rings is 1. The number of benzene rings is 2. The molecule has 208 valence electrons. The first-order valence-electron chi connectivity index (χ1n) is 11.1. The normalized spacial score (nSPS) is 12.3. The summed E-state index contributed by atoms with van der Waals surface area (Å²) >= 11 is 7.15. The molecule has 2 aromatic heterocycles. The third-order valence-corrected chi connectivity index (χ3v) is 9.59. The molecule has 0 unspecified atom stereocenters. The van der Waals surface area contributed by atoms with Gasteiger partial charge in [-0.05, 0) is 53.6 Å². The minimum atomic E-state index is -5.00. The molecule has 14 heteroatoms. The molecule has 2 heterocycles. The summed E-state index contributed by atoms with van der Waals surface area (Å²) < 4.78 is 91.6. The Morgan fingerprint density at radius 3 is 2.02 bits per heavy atom. The van der Waals surface area contributed by atoms with Crippen LogP contribution in [-0.4, -0.2) is 33.9 Å². The number of alkyl halides is 3. The van der Waals surface area contributed by atoms with Crippen LogP contribution in [0.5, 0.6) is 0 Å². The van der Waals surface area contributed by atoms with E-state index >= 15 is 0 Å². The van der Waals surface area contributed by atoms with Gasteiger partial charge in [-0.2, -0.15) is 18.4 Å². The molecule has 0 N–H and O–H groups in total. The second-order valence-corrected chi connectivity index (χ2v) is 14.3. The molecule has 0 aliphatic rings. The first-order chi connectivity index (χ1) is 18.5. The van der Waals surface area contributed by atoms with Gasteiger partial charge in [0.25, 0.3) is 5.56 Å². The van der Waals surface area contributed by atoms with Crippen LogP contribution in [0.1, 0.15) is 16.7 Å². The molecular formula is C26H18ClF3N2O5S3. The number of halogens is 4. The average Bonchev–Trinajstić information content (AvgIpc) is 3.34. The minimum Gasteiger partial charge on any atom is -0.302 e. The highest BCUT2D eigenvalue weighted by Crippen LogP contribution is 2.39. The summed E-state index contributed by atoms with van der Waals surface area (Å²) in [5, 5.41) is 9.68. The SMILES string of the molecule is CS(=O)(=O)c1cc(-c2ccc(-c3cc(C(F)(F)F)c(C#N)c(=O)n3Cc3ccccc3Cl)s2)cc(S(C)(=O)=O)c1. The second kappa shape index (κ2) is 10.5. The predicted molar refractivity (Wildman–Crippen MR) is 146 cm³/mol. The van der Waals surface area contributed by atoms with Crippen LogP contribution in [0, 0.1) is 11.3 Å². The maximum absolute atomic E-state index is 13.9. The first-order valence-corrected chi connectivity index (χ1v) is 16.1. The van der Waals surface area contributed by atoms with Gasteiger partial charge in [-0.25, -0.2) is 16.8 Å². The van der Waals surface area contributed by atoms with Crippen molar-refractivity contribution < 1.29 is 30.0 Å². The molecular weight excluding hydrogens is 609 g/mol. The van der Waals surface area contributed by atoms with Crippen molar-refractivity contribution in [2.75, 3.05) is 12.5 Å². The van der Waals surface area contributed by atoms with Crippen LogP contribution in [0.15, 0.2) is 75.2 Å². The van der Waals surface area contributed by atoms with Crippen LogP contribution < -0.4 is 5.56 Å². The fourth-order valence-electron chi connectivity index (χ4n) is 3.91. The van der Waals surface area contributed by atoms with Gasteiger partial charge in [-0.3, -0.25) is 4.79 Å². The number of nitriles is 1. The lowest BCUT2D eigenvalue weighted by Gasteiger charge is -2.17. The van der Waals surface area contributed by atoms with Gasteiger partial charge in [-0.1, -0.05) is 29.8 Å². The van der Waals surface area contributed by atoms with Gasteiger partial charge >= 0.3 is 6.18 Å². The third-order valence-electron chi connectivity index (χ3n) is 5.88. The van der Waals surface area contributed by atoms with Crippen LogP contribution in [-0.2, 0) is 32.4 Å². The summed E-state index contributed by atoms with van der Waals surface area (Å²) in [7, 11) is -7.63. The van der Waals surface area contributed by atoms with Gasteiger partial charge in [0.1, 0.15) is 11.6 Å². The predicted octanol–water partition coefficient (Wildman–Crippen LogP) is 5.64. The van der Waals surface area contributed by atoms with E-state index in [-0.39, 0.29) is 37.5 Å². The van der Waals surface area contributed by atoms with E-state index in [2.05, 4.69) is 0 Å². The lowest BCUT2D eigenvalue weighted by molar-refractivity contribution is -0.137. The van der Waals surface area contributed by atoms with Crippen LogP contribution in [0.2, 0.25) is 5.02 Å². The molecule has 7 nitrogen and oxygen atoms in total. The number of sulfone groups is 2. The first kappa shape index (κ1) is 29.5. The summed E-state index contributed by atoms with van der Waals surface area (Å²) in [6.45, 7) is -0.240. The Kier molecular flexibility index (Phi) is 7.76. The van der Waals surface area contributed by atoms with Gasteiger partial charge in [0.15, 0.2) is 19.7 Å². The molecule has 4 aromatic rings. The van der Waals surface area contributed by atoms with Gasteiger partial charge in [0.05, 0.1) is 32.5 Å². The highest BCUT2D eigenvalue weighted by Gasteiger charge is 2.37. The number of aromatic nitrogens is 1. The topological polar surface area (TPSA) is 114 Å². The van der Waals surface area contributed by atoms with Crippen molar-refractivity contribution in [2.24, 2.45) is 0 Å². The number of hydrogen-bond donors (Lipinski definition) is 0. The molecule has 0 saturated carbocycles. The molecule has 0 saturated heterocycles. The molecule has 2 aromatic carbocycles. The summed E-state index contributed by atoms with van der Waals surface area (Å²) in [5.74, 6) is 0. The lowest BCUT2D eigenvalue weighted by Crippen LogP contribution is -2.28. The third kappa shape index (κ3) is 6.00. The molecule has 0 radical (unpaired) electrons. The molecule has 0 aliphatic carbocycles. The zero-order chi connectivity index (χ0) is 29.6. The standard InChI is InChI=1S/C26H18ClF3N2O5S3/c1-39(34,35)17-9-16(10-18(11-17)40(2,36)37)23-7-8-24(38-23)22-12-20(26(28,29)30)19(13-31)25(33)32(22)14-15-5-3-4-6-21(15)27/h3-12H,14H2,1-2H3. The largest absolute Gasteiger partial charge is 0.417 e. The molecule has 4 rings (SSSR count). The Bertz CT molecular complexity index is 1920. The van der Waals surface area contributed by atoms with Crippen molar-refractivity contribution in [3.8, 4) is 27.1 Å². The van der Waals surface area contributed by atoms with Crippen molar-refractivity contribution in [3.63, 3.8) is 0 Å². The zero-order valence-corrected chi connectivity index (χ0v) is 23.9. The fourth-order valence-corrected chi connectivity index (χ4v) is 6.56. The highest BCUT2D eigenvalue weighted by molar-refractivity contribution is 7.91.